The molecule has 56 valence electrons. The third-order valence-corrected chi connectivity index (χ3v) is 1.53. The second-order valence-electron chi connectivity index (χ2n) is 2.41. The Labute approximate surface area is 55.7 Å². The van der Waals surface area contributed by atoms with Gasteiger partial charge in [0.2, 0.25) is 0 Å². The van der Waals surface area contributed by atoms with Gasteiger partial charge in [0.1, 0.15) is 0 Å². The van der Waals surface area contributed by atoms with Gasteiger partial charge in [-0.05, 0) is 19.3 Å². The van der Waals surface area contributed by atoms with Crippen molar-refractivity contribution < 1.29 is 10.3 Å². The maximum Gasteiger partial charge on any atom is 0.0538 e. The van der Waals surface area contributed by atoms with Gasteiger partial charge in [-0.2, -0.15) is 0 Å². The maximum atomic E-state index is 8.94. The summed E-state index contributed by atoms with van der Waals surface area (Å²) in [5.41, 5.74) is 2.04. The van der Waals surface area contributed by atoms with E-state index in [4.69, 9.17) is 10.3 Å². The lowest BCUT2D eigenvalue weighted by molar-refractivity contribution is 0.111. The molecular formula is C6H15NO2. The molecule has 3 heteroatoms. The zero-order valence-electron chi connectivity index (χ0n) is 5.96. The van der Waals surface area contributed by atoms with Crippen LogP contribution < -0.4 is 5.48 Å². The van der Waals surface area contributed by atoms with Crippen molar-refractivity contribution in [2.75, 3.05) is 6.54 Å². The fourth-order valence-corrected chi connectivity index (χ4v) is 0.533. The highest BCUT2D eigenvalue weighted by Crippen LogP contribution is 2.05. The first kappa shape index (κ1) is 8.88. The van der Waals surface area contributed by atoms with Crippen molar-refractivity contribution in [3.8, 4) is 0 Å². The molecule has 0 saturated carbocycles. The normalized spacial score (nSPS) is 17.3. The molecule has 0 spiro atoms. The molecule has 2 atom stereocenters. The van der Waals surface area contributed by atoms with Crippen LogP contribution in [0.1, 0.15) is 20.3 Å². The minimum absolute atomic E-state index is 0.254. The highest BCUT2D eigenvalue weighted by Gasteiger charge is 2.06. The predicted octanol–water partition coefficient (Wildman–Crippen LogP) is 0.372. The number of aliphatic hydroxyl groups is 1. The number of hydrogen-bond donors (Lipinski definition) is 3. The van der Waals surface area contributed by atoms with E-state index in [1.165, 1.54) is 0 Å². The zero-order valence-corrected chi connectivity index (χ0v) is 5.96. The molecule has 0 amide bonds. The Morgan fingerprint density at radius 2 is 2.00 bits per heavy atom. The molecule has 0 radical (unpaired) electrons. The highest BCUT2D eigenvalue weighted by atomic mass is 16.5. The van der Waals surface area contributed by atoms with Gasteiger partial charge in [0.05, 0.1) is 6.10 Å². The van der Waals surface area contributed by atoms with E-state index in [9.17, 15) is 0 Å². The summed E-state index contributed by atoms with van der Waals surface area (Å²) in [6, 6.07) is 0. The van der Waals surface area contributed by atoms with Crippen molar-refractivity contribution in [2.24, 2.45) is 5.92 Å². The summed E-state index contributed by atoms with van der Waals surface area (Å²) in [6.07, 6.45) is 0.520. The van der Waals surface area contributed by atoms with Crippen molar-refractivity contribution in [3.05, 3.63) is 0 Å². The van der Waals surface area contributed by atoms with Gasteiger partial charge in [-0.15, -0.1) is 0 Å². The van der Waals surface area contributed by atoms with E-state index in [-0.39, 0.29) is 12.0 Å². The van der Waals surface area contributed by atoms with Crippen LogP contribution in [0.15, 0.2) is 0 Å². The molecule has 0 aromatic heterocycles. The van der Waals surface area contributed by atoms with E-state index < -0.39 is 0 Å². The third kappa shape index (κ3) is 4.39. The van der Waals surface area contributed by atoms with E-state index in [2.05, 4.69) is 0 Å². The molecule has 0 aromatic rings. The Kier molecular flexibility index (Phi) is 4.67. The molecule has 2 unspecified atom stereocenters. The zero-order chi connectivity index (χ0) is 7.28. The standard InChI is InChI=1S/C6H15NO2/c1-5(6(2)8)3-4-7-9/h5-9H,3-4H2,1-2H3. The smallest absolute Gasteiger partial charge is 0.0538 e. The Hall–Kier alpha value is -0.120. The van der Waals surface area contributed by atoms with Gasteiger partial charge < -0.3 is 10.3 Å². The summed E-state index contributed by atoms with van der Waals surface area (Å²) in [6.45, 7) is 4.25. The van der Waals surface area contributed by atoms with Crippen molar-refractivity contribution in [1.82, 2.24) is 5.48 Å². The molecule has 0 aliphatic carbocycles. The van der Waals surface area contributed by atoms with Crippen molar-refractivity contribution in [3.63, 3.8) is 0 Å². The Morgan fingerprint density at radius 1 is 1.44 bits per heavy atom. The molecule has 0 aliphatic rings. The number of aliphatic hydroxyl groups excluding tert-OH is 1. The van der Waals surface area contributed by atoms with Gasteiger partial charge in [-0.25, -0.2) is 5.48 Å². The van der Waals surface area contributed by atoms with Crippen LogP contribution in [0.4, 0.5) is 0 Å². The molecule has 0 aromatic carbocycles. The van der Waals surface area contributed by atoms with E-state index >= 15 is 0 Å². The van der Waals surface area contributed by atoms with Gasteiger partial charge in [-0.1, -0.05) is 6.92 Å². The van der Waals surface area contributed by atoms with Gasteiger partial charge in [-0.3, -0.25) is 0 Å². The second kappa shape index (κ2) is 4.73. The number of hydroxylamine groups is 1. The first-order chi connectivity index (χ1) is 4.18. The molecule has 3 N–H and O–H groups in total. The van der Waals surface area contributed by atoms with Crippen LogP contribution in [0, 0.1) is 5.92 Å². The minimum Gasteiger partial charge on any atom is -0.393 e. The first-order valence-electron chi connectivity index (χ1n) is 3.23. The fourth-order valence-electron chi connectivity index (χ4n) is 0.533. The molecule has 0 heterocycles. The fraction of sp³-hybridized carbons (Fsp3) is 1.00. The van der Waals surface area contributed by atoms with Crippen LogP contribution in [0.3, 0.4) is 0 Å². The highest BCUT2D eigenvalue weighted by molar-refractivity contribution is 4.58. The molecular weight excluding hydrogens is 118 g/mol. The Morgan fingerprint density at radius 3 is 2.33 bits per heavy atom. The average Bonchev–Trinajstić information content (AvgIpc) is 1.82. The van der Waals surface area contributed by atoms with Crippen LogP contribution >= 0.6 is 0 Å². The van der Waals surface area contributed by atoms with Gasteiger partial charge in [0.25, 0.3) is 0 Å². The largest absolute Gasteiger partial charge is 0.393 e. The van der Waals surface area contributed by atoms with Crippen molar-refractivity contribution in [2.45, 2.75) is 26.4 Å². The molecule has 9 heavy (non-hydrogen) atoms. The van der Waals surface area contributed by atoms with Gasteiger partial charge in [0.15, 0.2) is 0 Å². The first-order valence-corrected chi connectivity index (χ1v) is 3.23. The third-order valence-electron chi connectivity index (χ3n) is 1.53. The van der Waals surface area contributed by atoms with Crippen LogP contribution in [-0.2, 0) is 0 Å². The second-order valence-corrected chi connectivity index (χ2v) is 2.41. The summed E-state index contributed by atoms with van der Waals surface area (Å²) < 4.78 is 0. The lowest BCUT2D eigenvalue weighted by Gasteiger charge is -2.12. The molecule has 0 rings (SSSR count). The number of hydrogen-bond acceptors (Lipinski definition) is 3. The number of nitrogens with one attached hydrogen (secondary N) is 1. The maximum absolute atomic E-state index is 8.94. The molecule has 3 nitrogen and oxygen atoms in total. The van der Waals surface area contributed by atoms with E-state index in [0.29, 0.717) is 6.54 Å². The van der Waals surface area contributed by atoms with Gasteiger partial charge >= 0.3 is 0 Å². The topological polar surface area (TPSA) is 52.5 Å². The molecule has 0 bridgehead atoms. The monoisotopic (exact) mass is 133 g/mol. The van der Waals surface area contributed by atoms with Crippen molar-refractivity contribution in [1.29, 1.82) is 0 Å². The van der Waals surface area contributed by atoms with E-state index in [1.807, 2.05) is 12.4 Å². The summed E-state index contributed by atoms with van der Waals surface area (Å²) in [5, 5.41) is 17.1. The Bertz CT molecular complexity index is 66.1. The predicted molar refractivity (Wildman–Crippen MR) is 35.3 cm³/mol. The lowest BCUT2D eigenvalue weighted by atomic mass is 10.0. The summed E-state index contributed by atoms with van der Waals surface area (Å²) >= 11 is 0. The van der Waals surface area contributed by atoms with Crippen molar-refractivity contribution >= 4 is 0 Å². The lowest BCUT2D eigenvalue weighted by Crippen LogP contribution is -2.19. The minimum atomic E-state index is -0.279. The SMILES string of the molecule is CC(O)C(C)CCNO. The van der Waals surface area contributed by atoms with Crippen LogP contribution in [-0.4, -0.2) is 23.0 Å². The van der Waals surface area contributed by atoms with E-state index in [1.54, 1.807) is 6.92 Å². The number of rotatable bonds is 4. The average molecular weight is 133 g/mol. The van der Waals surface area contributed by atoms with Crippen LogP contribution in [0.25, 0.3) is 0 Å². The van der Waals surface area contributed by atoms with Crippen LogP contribution in [0.5, 0.6) is 0 Å². The quantitative estimate of drug-likeness (QED) is 0.486. The Balaban J connectivity index is 3.16. The van der Waals surface area contributed by atoms with Crippen LogP contribution in [0.2, 0.25) is 0 Å². The summed E-state index contributed by atoms with van der Waals surface area (Å²) in [4.78, 5) is 0. The molecule has 0 saturated heterocycles. The summed E-state index contributed by atoms with van der Waals surface area (Å²) in [5.74, 6) is 0.254. The summed E-state index contributed by atoms with van der Waals surface area (Å²) in [7, 11) is 0. The van der Waals surface area contributed by atoms with E-state index in [0.717, 1.165) is 6.42 Å². The molecule has 0 aliphatic heterocycles. The molecule has 0 fully saturated rings. The van der Waals surface area contributed by atoms with Gasteiger partial charge in [0, 0.05) is 6.54 Å².